The minimum absolute atomic E-state index is 0.0134. The van der Waals surface area contributed by atoms with Crippen LogP contribution < -0.4 is 5.32 Å². The summed E-state index contributed by atoms with van der Waals surface area (Å²) in [7, 11) is 0. The van der Waals surface area contributed by atoms with E-state index in [9.17, 15) is 4.39 Å². The Morgan fingerprint density at radius 3 is 2.50 bits per heavy atom. The predicted molar refractivity (Wildman–Crippen MR) is 50.7 cm³/mol. The normalized spacial score (nSPS) is 13.9. The highest BCUT2D eigenvalue weighted by Gasteiger charge is 2.12. The Labute approximate surface area is 74.7 Å². The lowest BCUT2D eigenvalue weighted by atomic mass is 10.1. The van der Waals surface area contributed by atoms with Crippen molar-refractivity contribution in [1.82, 2.24) is 5.32 Å². The van der Waals surface area contributed by atoms with Crippen molar-refractivity contribution in [2.24, 2.45) is 0 Å². The van der Waals surface area contributed by atoms with E-state index in [0.29, 0.717) is 19.4 Å². The molecule has 0 aromatic heterocycles. The van der Waals surface area contributed by atoms with Gasteiger partial charge in [0.25, 0.3) is 0 Å². The van der Waals surface area contributed by atoms with E-state index in [0.717, 1.165) is 0 Å². The van der Waals surface area contributed by atoms with Gasteiger partial charge in [0.15, 0.2) is 0 Å². The highest BCUT2D eigenvalue weighted by Crippen LogP contribution is 2.03. The first-order valence-corrected chi connectivity index (χ1v) is 4.28. The topological polar surface area (TPSA) is 12.0 Å². The highest BCUT2D eigenvalue weighted by atomic mass is 19.1. The molecule has 0 rings (SSSR count). The minimum atomic E-state index is -0.819. The molecule has 12 heavy (non-hydrogen) atoms. The Hall–Kier alpha value is -0.550. The summed E-state index contributed by atoms with van der Waals surface area (Å²) < 4.78 is 13.0. The summed E-state index contributed by atoms with van der Waals surface area (Å²) in [4.78, 5) is 0. The van der Waals surface area contributed by atoms with E-state index in [-0.39, 0.29) is 5.54 Å². The lowest BCUT2D eigenvalue weighted by molar-refractivity contribution is 0.274. The molecule has 0 radical (unpaired) electrons. The highest BCUT2D eigenvalue weighted by molar-refractivity contribution is 4.85. The third-order valence-corrected chi connectivity index (χ3v) is 1.46. The number of nitrogens with one attached hydrogen (secondary N) is 1. The van der Waals surface area contributed by atoms with E-state index < -0.39 is 6.17 Å². The molecule has 0 fully saturated rings. The first-order chi connectivity index (χ1) is 5.45. The molecule has 1 N–H and O–H groups in total. The fraction of sp³-hybridized carbons (Fsp3) is 0.800. The van der Waals surface area contributed by atoms with Crippen LogP contribution in [-0.2, 0) is 0 Å². The predicted octanol–water partition coefficient (Wildman–Crippen LogP) is 2.13. The number of terminal acetylenes is 1. The summed E-state index contributed by atoms with van der Waals surface area (Å²) in [6, 6.07) is 0. The molecule has 0 saturated heterocycles. The molecule has 0 aromatic carbocycles. The molecule has 0 saturated carbocycles. The minimum Gasteiger partial charge on any atom is -0.309 e. The Morgan fingerprint density at radius 2 is 2.08 bits per heavy atom. The molecule has 0 aromatic rings. The van der Waals surface area contributed by atoms with Gasteiger partial charge < -0.3 is 5.32 Å². The lowest BCUT2D eigenvalue weighted by Crippen LogP contribution is -2.39. The maximum absolute atomic E-state index is 13.0. The molecule has 1 nitrogen and oxygen atoms in total. The molecule has 0 aliphatic carbocycles. The first-order valence-electron chi connectivity index (χ1n) is 4.28. The molecule has 0 spiro atoms. The third kappa shape index (κ3) is 7.56. The maximum atomic E-state index is 13.0. The number of halogens is 1. The van der Waals surface area contributed by atoms with Crippen LogP contribution >= 0.6 is 0 Å². The van der Waals surface area contributed by atoms with Gasteiger partial charge in [-0.2, -0.15) is 0 Å². The second-order valence-electron chi connectivity index (χ2n) is 3.97. The van der Waals surface area contributed by atoms with E-state index >= 15 is 0 Å². The van der Waals surface area contributed by atoms with Crippen molar-refractivity contribution < 1.29 is 4.39 Å². The lowest BCUT2D eigenvalue weighted by Gasteiger charge is -2.21. The van der Waals surface area contributed by atoms with Gasteiger partial charge in [-0.05, 0) is 27.2 Å². The number of hydrogen-bond acceptors (Lipinski definition) is 1. The van der Waals surface area contributed by atoms with Gasteiger partial charge in [0.1, 0.15) is 6.17 Å². The zero-order valence-corrected chi connectivity index (χ0v) is 8.15. The molecule has 0 bridgehead atoms. The van der Waals surface area contributed by atoms with Crippen molar-refractivity contribution in [1.29, 1.82) is 0 Å². The monoisotopic (exact) mass is 171 g/mol. The Morgan fingerprint density at radius 1 is 1.50 bits per heavy atom. The van der Waals surface area contributed by atoms with Crippen LogP contribution in [0.5, 0.6) is 0 Å². The van der Waals surface area contributed by atoms with Crippen molar-refractivity contribution >= 4 is 0 Å². The van der Waals surface area contributed by atoms with E-state index in [1.54, 1.807) is 0 Å². The van der Waals surface area contributed by atoms with Crippen molar-refractivity contribution in [2.75, 3.05) is 6.54 Å². The van der Waals surface area contributed by atoms with Crippen LogP contribution in [0.3, 0.4) is 0 Å². The van der Waals surface area contributed by atoms with E-state index in [4.69, 9.17) is 6.42 Å². The molecule has 1 atom stereocenters. The number of rotatable bonds is 4. The fourth-order valence-electron chi connectivity index (χ4n) is 0.759. The van der Waals surface area contributed by atoms with Crippen LogP contribution in [0.1, 0.15) is 33.6 Å². The Kier molecular flexibility index (Phi) is 4.92. The second-order valence-corrected chi connectivity index (χ2v) is 3.97. The van der Waals surface area contributed by atoms with E-state index in [1.165, 1.54) is 0 Å². The van der Waals surface area contributed by atoms with Gasteiger partial charge in [-0.15, -0.1) is 12.3 Å². The fourth-order valence-corrected chi connectivity index (χ4v) is 0.759. The number of hydrogen-bond donors (Lipinski definition) is 1. The zero-order chi connectivity index (χ0) is 9.61. The van der Waals surface area contributed by atoms with Crippen LogP contribution in [0.4, 0.5) is 4.39 Å². The average Bonchev–Trinajstić information content (AvgIpc) is 1.95. The van der Waals surface area contributed by atoms with E-state index in [1.807, 2.05) is 20.8 Å². The van der Waals surface area contributed by atoms with E-state index in [2.05, 4.69) is 11.2 Å². The van der Waals surface area contributed by atoms with Crippen LogP contribution in [0, 0.1) is 12.3 Å². The van der Waals surface area contributed by atoms with Crippen molar-refractivity contribution in [2.45, 2.75) is 45.3 Å². The van der Waals surface area contributed by atoms with Gasteiger partial charge in [-0.1, -0.05) is 0 Å². The molecule has 2 heteroatoms. The van der Waals surface area contributed by atoms with Gasteiger partial charge in [-0.25, -0.2) is 4.39 Å². The zero-order valence-electron chi connectivity index (χ0n) is 8.15. The SMILES string of the molecule is C#CCCC(F)CNC(C)(C)C. The maximum Gasteiger partial charge on any atom is 0.113 e. The van der Waals surface area contributed by atoms with Crippen molar-refractivity contribution in [3.8, 4) is 12.3 Å². The second kappa shape index (κ2) is 5.16. The molecule has 0 aliphatic rings. The molecular formula is C10H18FN. The summed E-state index contributed by atoms with van der Waals surface area (Å²) >= 11 is 0. The summed E-state index contributed by atoms with van der Waals surface area (Å²) in [6.45, 7) is 6.44. The Bertz CT molecular complexity index is 152. The third-order valence-electron chi connectivity index (χ3n) is 1.46. The molecule has 0 heterocycles. The molecule has 0 aliphatic heterocycles. The molecule has 0 amide bonds. The summed E-state index contributed by atoms with van der Waals surface area (Å²) in [5.41, 5.74) is -0.0134. The smallest absolute Gasteiger partial charge is 0.113 e. The quantitative estimate of drug-likeness (QED) is 0.639. The van der Waals surface area contributed by atoms with Crippen LogP contribution in [0.15, 0.2) is 0 Å². The van der Waals surface area contributed by atoms with Gasteiger partial charge in [0.2, 0.25) is 0 Å². The first kappa shape index (κ1) is 11.4. The van der Waals surface area contributed by atoms with Gasteiger partial charge in [-0.3, -0.25) is 0 Å². The van der Waals surface area contributed by atoms with Crippen LogP contribution in [-0.4, -0.2) is 18.3 Å². The summed E-state index contributed by atoms with van der Waals surface area (Å²) in [6.07, 6.45) is 5.18. The van der Waals surface area contributed by atoms with Crippen molar-refractivity contribution in [3.63, 3.8) is 0 Å². The van der Waals surface area contributed by atoms with Gasteiger partial charge in [0, 0.05) is 18.5 Å². The van der Waals surface area contributed by atoms with Crippen molar-refractivity contribution in [3.05, 3.63) is 0 Å². The van der Waals surface area contributed by atoms with Crippen LogP contribution in [0.25, 0.3) is 0 Å². The summed E-state index contributed by atoms with van der Waals surface area (Å²) in [5, 5.41) is 3.09. The van der Waals surface area contributed by atoms with Crippen LogP contribution in [0.2, 0.25) is 0 Å². The molecular weight excluding hydrogens is 153 g/mol. The standard InChI is InChI=1S/C10H18FN/c1-5-6-7-9(11)8-12-10(2,3)4/h1,9,12H,6-8H2,2-4H3. The van der Waals surface area contributed by atoms with Gasteiger partial charge >= 0.3 is 0 Å². The largest absolute Gasteiger partial charge is 0.309 e. The van der Waals surface area contributed by atoms with Gasteiger partial charge in [0.05, 0.1) is 0 Å². The Balaban J connectivity index is 3.45. The number of alkyl halides is 1. The molecule has 70 valence electrons. The summed E-state index contributed by atoms with van der Waals surface area (Å²) in [5.74, 6) is 2.43. The molecule has 1 unspecified atom stereocenters. The average molecular weight is 171 g/mol.